The predicted octanol–water partition coefficient (Wildman–Crippen LogP) is 2.27. The molecule has 2 atom stereocenters. The first-order valence-corrected chi connectivity index (χ1v) is 6.02. The highest BCUT2D eigenvalue weighted by Gasteiger charge is 2.24. The van der Waals surface area contributed by atoms with E-state index in [9.17, 15) is 0 Å². The Hall–Kier alpha value is -0.450. The molecule has 2 unspecified atom stereocenters. The molecule has 2 heterocycles. The maximum atomic E-state index is 6.20. The summed E-state index contributed by atoms with van der Waals surface area (Å²) in [5.41, 5.74) is 7.14. The maximum Gasteiger partial charge on any atom is 0.0716 e. The highest BCUT2D eigenvalue weighted by molar-refractivity contribution is 9.10. The molecule has 4 heteroatoms. The minimum atomic E-state index is -0.0270. The Labute approximate surface area is 98.2 Å². The molecule has 2 rings (SSSR count). The fraction of sp³-hybridized carbons (Fsp3) is 0.545. The van der Waals surface area contributed by atoms with Gasteiger partial charge in [-0.2, -0.15) is 0 Å². The summed E-state index contributed by atoms with van der Waals surface area (Å²) in [7, 11) is 0. The zero-order valence-corrected chi connectivity index (χ0v) is 10.1. The standard InChI is InChI=1S/C11H15BrN2O/c12-9-4-1-5-14-11(9)10(13)8-3-2-6-15-7-8/h1,4-5,8,10H,2-3,6-7,13H2. The topological polar surface area (TPSA) is 48.1 Å². The molecule has 1 aliphatic rings. The molecule has 0 spiro atoms. The third-order valence-electron chi connectivity index (χ3n) is 2.81. The van der Waals surface area contributed by atoms with Crippen molar-refractivity contribution in [1.29, 1.82) is 0 Å². The number of ether oxygens (including phenoxy) is 1. The summed E-state index contributed by atoms with van der Waals surface area (Å²) in [6.07, 6.45) is 4.01. The van der Waals surface area contributed by atoms with Crippen LogP contribution in [0, 0.1) is 5.92 Å². The van der Waals surface area contributed by atoms with Crippen LogP contribution in [-0.4, -0.2) is 18.2 Å². The summed E-state index contributed by atoms with van der Waals surface area (Å²) in [6, 6.07) is 3.85. The lowest BCUT2D eigenvalue weighted by molar-refractivity contribution is 0.0441. The lowest BCUT2D eigenvalue weighted by Crippen LogP contribution is -2.29. The van der Waals surface area contributed by atoms with Gasteiger partial charge in [0, 0.05) is 23.2 Å². The van der Waals surface area contributed by atoms with Gasteiger partial charge in [0.05, 0.1) is 18.3 Å². The summed E-state index contributed by atoms with van der Waals surface area (Å²) < 4.78 is 6.43. The second kappa shape index (κ2) is 5.05. The average Bonchev–Trinajstić information content (AvgIpc) is 2.30. The van der Waals surface area contributed by atoms with E-state index in [-0.39, 0.29) is 6.04 Å². The number of hydrogen-bond donors (Lipinski definition) is 1. The van der Waals surface area contributed by atoms with Gasteiger partial charge in [0.2, 0.25) is 0 Å². The third-order valence-corrected chi connectivity index (χ3v) is 3.48. The lowest BCUT2D eigenvalue weighted by Gasteiger charge is -2.27. The molecule has 0 aromatic carbocycles. The van der Waals surface area contributed by atoms with Crippen molar-refractivity contribution in [2.45, 2.75) is 18.9 Å². The Balaban J connectivity index is 2.12. The van der Waals surface area contributed by atoms with Gasteiger partial charge in [-0.15, -0.1) is 0 Å². The van der Waals surface area contributed by atoms with Crippen molar-refractivity contribution in [2.24, 2.45) is 11.7 Å². The van der Waals surface area contributed by atoms with Crippen LogP contribution in [0.3, 0.4) is 0 Å². The molecule has 2 N–H and O–H groups in total. The van der Waals surface area contributed by atoms with Crippen molar-refractivity contribution in [2.75, 3.05) is 13.2 Å². The van der Waals surface area contributed by atoms with Crippen molar-refractivity contribution in [3.63, 3.8) is 0 Å². The van der Waals surface area contributed by atoms with Gasteiger partial charge in [-0.3, -0.25) is 4.98 Å². The monoisotopic (exact) mass is 270 g/mol. The number of pyridine rings is 1. The SMILES string of the molecule is NC(c1ncccc1Br)C1CCCOC1. The first kappa shape index (κ1) is 11.0. The number of nitrogens with two attached hydrogens (primary N) is 1. The van der Waals surface area contributed by atoms with Crippen LogP contribution in [0.4, 0.5) is 0 Å². The number of halogens is 1. The van der Waals surface area contributed by atoms with Crippen molar-refractivity contribution < 1.29 is 4.74 Å². The molecular formula is C11H15BrN2O. The van der Waals surface area contributed by atoms with E-state index in [0.717, 1.165) is 36.2 Å². The Morgan fingerprint density at radius 3 is 3.13 bits per heavy atom. The fourth-order valence-electron chi connectivity index (χ4n) is 1.92. The molecule has 15 heavy (non-hydrogen) atoms. The van der Waals surface area contributed by atoms with Crippen LogP contribution in [-0.2, 0) is 4.74 Å². The number of hydrogen-bond acceptors (Lipinski definition) is 3. The van der Waals surface area contributed by atoms with Crippen molar-refractivity contribution in [1.82, 2.24) is 4.98 Å². The fourth-order valence-corrected chi connectivity index (χ4v) is 2.43. The lowest BCUT2D eigenvalue weighted by atomic mass is 9.92. The second-order valence-corrected chi connectivity index (χ2v) is 4.73. The smallest absolute Gasteiger partial charge is 0.0716 e. The van der Waals surface area contributed by atoms with E-state index in [1.165, 1.54) is 0 Å². The van der Waals surface area contributed by atoms with Gasteiger partial charge < -0.3 is 10.5 Å². The van der Waals surface area contributed by atoms with E-state index in [0.29, 0.717) is 5.92 Å². The molecule has 0 bridgehead atoms. The molecule has 1 saturated heterocycles. The molecule has 1 aromatic rings. The minimum Gasteiger partial charge on any atom is -0.381 e. The normalized spacial score (nSPS) is 23.7. The van der Waals surface area contributed by atoms with Crippen LogP contribution in [0.2, 0.25) is 0 Å². The Bertz CT molecular complexity index is 326. The number of rotatable bonds is 2. The van der Waals surface area contributed by atoms with Crippen molar-refractivity contribution in [3.8, 4) is 0 Å². The summed E-state index contributed by atoms with van der Waals surface area (Å²) in [5, 5.41) is 0. The van der Waals surface area contributed by atoms with Gasteiger partial charge in [0.1, 0.15) is 0 Å². The Kier molecular flexibility index (Phi) is 3.72. The molecule has 0 aliphatic carbocycles. The van der Waals surface area contributed by atoms with Crippen molar-refractivity contribution in [3.05, 3.63) is 28.5 Å². The molecule has 0 saturated carbocycles. The summed E-state index contributed by atoms with van der Waals surface area (Å²) >= 11 is 3.48. The second-order valence-electron chi connectivity index (χ2n) is 3.87. The van der Waals surface area contributed by atoms with E-state index in [1.807, 2.05) is 12.1 Å². The van der Waals surface area contributed by atoms with Gasteiger partial charge in [-0.1, -0.05) is 0 Å². The van der Waals surface area contributed by atoms with Crippen LogP contribution in [0.25, 0.3) is 0 Å². The maximum absolute atomic E-state index is 6.20. The molecule has 0 radical (unpaired) electrons. The van der Waals surface area contributed by atoms with Crippen LogP contribution < -0.4 is 5.73 Å². The summed E-state index contributed by atoms with van der Waals surface area (Å²) in [5.74, 6) is 0.393. The summed E-state index contributed by atoms with van der Waals surface area (Å²) in [4.78, 5) is 4.33. The molecule has 0 amide bonds. The number of aromatic nitrogens is 1. The van der Waals surface area contributed by atoms with Gasteiger partial charge >= 0.3 is 0 Å². The van der Waals surface area contributed by atoms with E-state index in [2.05, 4.69) is 20.9 Å². The molecule has 3 nitrogen and oxygen atoms in total. The molecular weight excluding hydrogens is 256 g/mol. The molecule has 1 aromatic heterocycles. The van der Waals surface area contributed by atoms with Crippen LogP contribution in [0.5, 0.6) is 0 Å². The first-order valence-electron chi connectivity index (χ1n) is 5.23. The number of nitrogens with zero attached hydrogens (tertiary/aromatic N) is 1. The minimum absolute atomic E-state index is 0.0270. The van der Waals surface area contributed by atoms with Crippen LogP contribution >= 0.6 is 15.9 Å². The van der Waals surface area contributed by atoms with Gasteiger partial charge in [-0.05, 0) is 40.9 Å². The zero-order chi connectivity index (χ0) is 10.7. The van der Waals surface area contributed by atoms with Gasteiger partial charge in [0.15, 0.2) is 0 Å². The zero-order valence-electron chi connectivity index (χ0n) is 8.53. The van der Waals surface area contributed by atoms with Crippen LogP contribution in [0.15, 0.2) is 22.8 Å². The molecule has 1 aliphatic heterocycles. The van der Waals surface area contributed by atoms with E-state index in [1.54, 1.807) is 6.20 Å². The predicted molar refractivity (Wildman–Crippen MR) is 62.4 cm³/mol. The van der Waals surface area contributed by atoms with Gasteiger partial charge in [0.25, 0.3) is 0 Å². The van der Waals surface area contributed by atoms with E-state index >= 15 is 0 Å². The summed E-state index contributed by atoms with van der Waals surface area (Å²) in [6.45, 7) is 1.62. The van der Waals surface area contributed by atoms with E-state index < -0.39 is 0 Å². The van der Waals surface area contributed by atoms with Crippen LogP contribution in [0.1, 0.15) is 24.6 Å². The first-order chi connectivity index (χ1) is 7.29. The quantitative estimate of drug-likeness (QED) is 0.897. The Morgan fingerprint density at radius 1 is 1.60 bits per heavy atom. The third kappa shape index (κ3) is 2.56. The average molecular weight is 271 g/mol. The van der Waals surface area contributed by atoms with Gasteiger partial charge in [-0.25, -0.2) is 0 Å². The molecule has 1 fully saturated rings. The highest BCUT2D eigenvalue weighted by atomic mass is 79.9. The Morgan fingerprint density at radius 2 is 2.47 bits per heavy atom. The largest absolute Gasteiger partial charge is 0.381 e. The highest BCUT2D eigenvalue weighted by Crippen LogP contribution is 2.29. The molecule has 82 valence electrons. The van der Waals surface area contributed by atoms with Crippen molar-refractivity contribution >= 4 is 15.9 Å². The van der Waals surface area contributed by atoms with E-state index in [4.69, 9.17) is 10.5 Å².